The van der Waals surface area contributed by atoms with Crippen LogP contribution in [0.2, 0.25) is 5.02 Å². The van der Waals surface area contributed by atoms with Gasteiger partial charge in [0.15, 0.2) is 0 Å². The molecule has 0 saturated carbocycles. The number of nitrogens with zero attached hydrogens (tertiary/aromatic N) is 1. The van der Waals surface area contributed by atoms with Gasteiger partial charge < -0.3 is 5.11 Å². The molecule has 0 spiro atoms. The molecule has 0 aliphatic rings. The maximum atomic E-state index is 10.6. The predicted octanol–water partition coefficient (Wildman–Crippen LogP) is 5.83. The minimum atomic E-state index is 0.328. The van der Waals surface area contributed by atoms with E-state index in [0.717, 1.165) is 38.3 Å². The van der Waals surface area contributed by atoms with Crippen LogP contribution in [0.3, 0.4) is 0 Å². The van der Waals surface area contributed by atoms with Crippen molar-refractivity contribution in [2.75, 3.05) is 0 Å². The van der Waals surface area contributed by atoms with Gasteiger partial charge in [0.05, 0.1) is 15.2 Å². The van der Waals surface area contributed by atoms with Crippen LogP contribution in [-0.2, 0) is 6.42 Å². The molecule has 0 bridgehead atoms. The Morgan fingerprint density at radius 3 is 2.55 bits per heavy atom. The number of aromatic nitrogens is 1. The van der Waals surface area contributed by atoms with E-state index in [1.54, 1.807) is 11.3 Å². The van der Waals surface area contributed by atoms with Crippen molar-refractivity contribution in [2.24, 2.45) is 5.92 Å². The number of hydrogen-bond acceptors (Lipinski definition) is 3. The van der Waals surface area contributed by atoms with Gasteiger partial charge in [-0.3, -0.25) is 0 Å². The Labute approximate surface area is 139 Å². The maximum absolute atomic E-state index is 10.6. The van der Waals surface area contributed by atoms with Crippen molar-refractivity contribution in [2.45, 2.75) is 27.2 Å². The van der Waals surface area contributed by atoms with E-state index in [-0.39, 0.29) is 0 Å². The third-order valence-electron chi connectivity index (χ3n) is 3.60. The van der Waals surface area contributed by atoms with E-state index in [0.29, 0.717) is 16.7 Å². The van der Waals surface area contributed by atoms with Crippen LogP contribution in [0.1, 0.15) is 24.4 Å². The molecule has 2 nitrogen and oxygen atoms in total. The lowest BCUT2D eigenvalue weighted by molar-refractivity contribution is 0.474. The summed E-state index contributed by atoms with van der Waals surface area (Å²) in [6, 6.07) is 9.54. The highest BCUT2D eigenvalue weighted by atomic mass is 35.5. The topological polar surface area (TPSA) is 33.1 Å². The number of rotatable bonds is 3. The smallest absolute Gasteiger partial charge is 0.127 e. The third kappa shape index (κ3) is 2.83. The summed E-state index contributed by atoms with van der Waals surface area (Å²) in [6.45, 7) is 6.29. The molecule has 0 radical (unpaired) electrons. The Balaban J connectivity index is 2.24. The summed E-state index contributed by atoms with van der Waals surface area (Å²) in [7, 11) is 0. The Morgan fingerprint density at radius 1 is 1.23 bits per heavy atom. The molecule has 3 rings (SSSR count). The van der Waals surface area contributed by atoms with Crippen molar-refractivity contribution in [3.05, 3.63) is 45.9 Å². The van der Waals surface area contributed by atoms with Crippen LogP contribution in [0.15, 0.2) is 30.3 Å². The highest BCUT2D eigenvalue weighted by Gasteiger charge is 2.17. The second-order valence-corrected chi connectivity index (χ2v) is 7.50. The van der Waals surface area contributed by atoms with Gasteiger partial charge >= 0.3 is 0 Å². The van der Waals surface area contributed by atoms with Crippen molar-refractivity contribution in [3.63, 3.8) is 0 Å². The summed E-state index contributed by atoms with van der Waals surface area (Å²) in [6.07, 6.45) is 0.958. The van der Waals surface area contributed by atoms with E-state index in [2.05, 4.69) is 13.8 Å². The molecular formula is C18H18ClNOS. The van der Waals surface area contributed by atoms with Crippen LogP contribution in [0, 0.1) is 12.8 Å². The van der Waals surface area contributed by atoms with Gasteiger partial charge in [-0.05, 0) is 42.2 Å². The van der Waals surface area contributed by atoms with E-state index >= 15 is 0 Å². The molecule has 1 aromatic heterocycles. The van der Waals surface area contributed by atoms with Crippen LogP contribution >= 0.6 is 22.9 Å². The van der Waals surface area contributed by atoms with Gasteiger partial charge in [-0.1, -0.05) is 37.6 Å². The first-order chi connectivity index (χ1) is 10.5. The first-order valence-corrected chi connectivity index (χ1v) is 8.53. The lowest BCUT2D eigenvalue weighted by Gasteiger charge is -2.09. The first-order valence-electron chi connectivity index (χ1n) is 7.33. The van der Waals surface area contributed by atoms with Crippen molar-refractivity contribution < 1.29 is 5.11 Å². The van der Waals surface area contributed by atoms with Crippen LogP contribution in [0.25, 0.3) is 21.3 Å². The summed E-state index contributed by atoms with van der Waals surface area (Å²) >= 11 is 7.65. The molecule has 0 unspecified atom stereocenters. The highest BCUT2D eigenvalue weighted by Crippen LogP contribution is 2.42. The normalized spacial score (nSPS) is 11.5. The molecule has 0 saturated heterocycles. The van der Waals surface area contributed by atoms with Gasteiger partial charge in [0.25, 0.3) is 0 Å². The number of aromatic hydroxyl groups is 1. The summed E-state index contributed by atoms with van der Waals surface area (Å²) in [5.74, 6) is 0.892. The van der Waals surface area contributed by atoms with E-state index in [1.165, 1.54) is 0 Å². The Hall–Kier alpha value is -1.58. The number of phenolic OH excluding ortho intramolecular Hbond substituents is 1. The minimum absolute atomic E-state index is 0.328. The summed E-state index contributed by atoms with van der Waals surface area (Å²) in [4.78, 5) is 4.74. The quantitative estimate of drug-likeness (QED) is 0.655. The molecule has 4 heteroatoms. The molecule has 114 valence electrons. The Bertz CT molecular complexity index is 821. The second kappa shape index (κ2) is 5.90. The van der Waals surface area contributed by atoms with Crippen LogP contribution < -0.4 is 0 Å². The zero-order valence-electron chi connectivity index (χ0n) is 12.9. The summed E-state index contributed by atoms with van der Waals surface area (Å²) < 4.78 is 1.04. The lowest BCUT2D eigenvalue weighted by Crippen LogP contribution is -1.92. The van der Waals surface area contributed by atoms with E-state index < -0.39 is 0 Å². The molecule has 1 heterocycles. The fourth-order valence-corrected chi connectivity index (χ4v) is 4.00. The van der Waals surface area contributed by atoms with Crippen LogP contribution in [-0.4, -0.2) is 10.1 Å². The second-order valence-electron chi connectivity index (χ2n) is 5.98. The fraction of sp³-hybridized carbons (Fsp3) is 0.278. The number of hydrogen-bond donors (Lipinski definition) is 1. The highest BCUT2D eigenvalue weighted by molar-refractivity contribution is 7.19. The van der Waals surface area contributed by atoms with Crippen molar-refractivity contribution in [1.82, 2.24) is 4.98 Å². The summed E-state index contributed by atoms with van der Waals surface area (Å²) in [5, 5.41) is 12.4. The van der Waals surface area contributed by atoms with Crippen LogP contribution in [0.4, 0.5) is 0 Å². The van der Waals surface area contributed by atoms with Gasteiger partial charge in [-0.25, -0.2) is 4.98 Å². The Kier molecular flexibility index (Phi) is 4.11. The maximum Gasteiger partial charge on any atom is 0.127 e. The van der Waals surface area contributed by atoms with E-state index in [9.17, 15) is 5.11 Å². The lowest BCUT2D eigenvalue weighted by atomic mass is 10.0. The third-order valence-corrected chi connectivity index (χ3v) is 4.97. The number of thiazole rings is 1. The number of aryl methyl sites for hydroxylation is 1. The molecule has 0 aliphatic heterocycles. The van der Waals surface area contributed by atoms with E-state index in [1.807, 2.05) is 37.3 Å². The van der Waals surface area contributed by atoms with Crippen molar-refractivity contribution >= 4 is 33.2 Å². The zero-order valence-corrected chi connectivity index (χ0v) is 14.4. The van der Waals surface area contributed by atoms with Gasteiger partial charge in [0, 0.05) is 17.0 Å². The van der Waals surface area contributed by atoms with Crippen LogP contribution in [0.5, 0.6) is 5.75 Å². The van der Waals surface area contributed by atoms with E-state index in [4.69, 9.17) is 16.6 Å². The molecule has 22 heavy (non-hydrogen) atoms. The SMILES string of the molecule is Cc1cc2nc(CC(C)C)sc2c(-c2ccc(Cl)cc2)c1O. The number of halogens is 1. The summed E-state index contributed by atoms with van der Waals surface area (Å²) in [5.41, 5.74) is 3.63. The molecule has 0 aliphatic carbocycles. The fourth-order valence-electron chi connectivity index (χ4n) is 2.55. The van der Waals surface area contributed by atoms with Gasteiger partial charge in [-0.2, -0.15) is 0 Å². The molecule has 0 fully saturated rings. The largest absolute Gasteiger partial charge is 0.507 e. The molecule has 2 aromatic carbocycles. The average molecular weight is 332 g/mol. The van der Waals surface area contributed by atoms with Crippen molar-refractivity contribution in [3.8, 4) is 16.9 Å². The number of fused-ring (bicyclic) bond motifs is 1. The minimum Gasteiger partial charge on any atom is -0.507 e. The molecule has 0 amide bonds. The number of phenols is 1. The molecule has 0 atom stereocenters. The number of benzene rings is 2. The predicted molar refractivity (Wildman–Crippen MR) is 95.0 cm³/mol. The van der Waals surface area contributed by atoms with Gasteiger partial charge in [0.2, 0.25) is 0 Å². The van der Waals surface area contributed by atoms with Gasteiger partial charge in [0.1, 0.15) is 5.75 Å². The molecule has 1 N–H and O–H groups in total. The molecular weight excluding hydrogens is 314 g/mol. The monoisotopic (exact) mass is 331 g/mol. The zero-order chi connectivity index (χ0) is 15.9. The molecule has 3 aromatic rings. The standard InChI is InChI=1S/C18H18ClNOS/c1-10(2)8-15-20-14-9-11(3)17(21)16(18(14)22-15)12-4-6-13(19)7-5-12/h4-7,9-10,21H,8H2,1-3H3. The first kappa shape index (κ1) is 15.3. The van der Waals surface area contributed by atoms with Gasteiger partial charge in [-0.15, -0.1) is 11.3 Å². The average Bonchev–Trinajstić information content (AvgIpc) is 2.82. The Morgan fingerprint density at radius 2 is 1.91 bits per heavy atom. The van der Waals surface area contributed by atoms with Crippen molar-refractivity contribution in [1.29, 1.82) is 0 Å².